The summed E-state index contributed by atoms with van der Waals surface area (Å²) in [6, 6.07) is 5.92. The Morgan fingerprint density at radius 1 is 1.38 bits per heavy atom. The first kappa shape index (κ1) is 14.6. The van der Waals surface area contributed by atoms with Crippen LogP contribution in [0.2, 0.25) is 0 Å². The molecule has 1 atom stereocenters. The van der Waals surface area contributed by atoms with Gasteiger partial charge in [-0.05, 0) is 27.0 Å². The summed E-state index contributed by atoms with van der Waals surface area (Å²) in [6.07, 6.45) is 0. The van der Waals surface area contributed by atoms with Crippen molar-refractivity contribution in [3.63, 3.8) is 0 Å². The number of hydrogen-bond donors (Lipinski definition) is 1. The van der Waals surface area contributed by atoms with E-state index in [9.17, 15) is 4.79 Å². The molecule has 0 aliphatic carbocycles. The van der Waals surface area contributed by atoms with Gasteiger partial charge in [0, 0.05) is 11.6 Å². The molecule has 0 spiro atoms. The van der Waals surface area contributed by atoms with Crippen molar-refractivity contribution in [3.05, 3.63) is 29.3 Å². The number of aryl methyl sites for hydroxylation is 1. The predicted octanol–water partition coefficient (Wildman–Crippen LogP) is 2.84. The fourth-order valence-corrected chi connectivity index (χ4v) is 1.32. The molecule has 0 aliphatic heterocycles. The van der Waals surface area contributed by atoms with E-state index < -0.39 is 0 Å². The molecule has 0 radical (unpaired) electrons. The highest BCUT2D eigenvalue weighted by molar-refractivity contribution is 5.49. The summed E-state index contributed by atoms with van der Waals surface area (Å²) >= 11 is 0. The molecule has 0 amide bonds. The molecule has 0 aromatic heterocycles. The quantitative estimate of drug-likeness (QED) is 0.798. The van der Waals surface area contributed by atoms with Crippen LogP contribution in [-0.2, 0) is 4.79 Å². The summed E-state index contributed by atoms with van der Waals surface area (Å²) < 4.78 is 4.89. The monoisotopic (exact) mass is 223 g/mol. The lowest BCUT2D eigenvalue weighted by Gasteiger charge is -2.14. The fourth-order valence-electron chi connectivity index (χ4n) is 1.32. The van der Waals surface area contributed by atoms with Gasteiger partial charge in [0.15, 0.2) is 0 Å². The molecule has 0 saturated carbocycles. The average molecular weight is 223 g/mol. The van der Waals surface area contributed by atoms with Gasteiger partial charge in [-0.2, -0.15) is 0 Å². The largest absolute Gasteiger partial charge is 0.428 e. The SMILES string of the molecule is CC.CNC(C)c1cc(C)ccc1OC=O. The number of carbonyl (C=O) groups is 1. The highest BCUT2D eigenvalue weighted by Gasteiger charge is 2.09. The predicted molar refractivity (Wildman–Crippen MR) is 66.7 cm³/mol. The number of carbonyl (C=O) groups excluding carboxylic acids is 1. The minimum absolute atomic E-state index is 0.171. The lowest BCUT2D eigenvalue weighted by Crippen LogP contribution is -2.13. The van der Waals surface area contributed by atoms with Crippen molar-refractivity contribution in [2.45, 2.75) is 33.7 Å². The Bertz CT molecular complexity index is 324. The molecule has 0 heterocycles. The molecule has 1 N–H and O–H groups in total. The topological polar surface area (TPSA) is 38.3 Å². The lowest BCUT2D eigenvalue weighted by molar-refractivity contribution is -0.120. The molecule has 1 aromatic rings. The average Bonchev–Trinajstić information content (AvgIpc) is 2.33. The Hall–Kier alpha value is -1.35. The van der Waals surface area contributed by atoms with Gasteiger partial charge in [-0.3, -0.25) is 4.79 Å². The van der Waals surface area contributed by atoms with Crippen molar-refractivity contribution in [1.82, 2.24) is 5.32 Å². The third-order valence-electron chi connectivity index (χ3n) is 2.24. The van der Waals surface area contributed by atoms with E-state index in [-0.39, 0.29) is 6.04 Å². The van der Waals surface area contributed by atoms with Crippen molar-refractivity contribution in [2.24, 2.45) is 0 Å². The van der Waals surface area contributed by atoms with Gasteiger partial charge >= 0.3 is 0 Å². The number of rotatable bonds is 4. The normalized spacial score (nSPS) is 11.1. The van der Waals surface area contributed by atoms with Crippen LogP contribution in [0.5, 0.6) is 5.75 Å². The maximum absolute atomic E-state index is 10.3. The van der Waals surface area contributed by atoms with Crippen LogP contribution in [0.1, 0.15) is 37.9 Å². The first-order chi connectivity index (χ1) is 7.69. The van der Waals surface area contributed by atoms with E-state index in [4.69, 9.17) is 4.74 Å². The van der Waals surface area contributed by atoms with Crippen LogP contribution in [-0.4, -0.2) is 13.5 Å². The van der Waals surface area contributed by atoms with Crippen molar-refractivity contribution < 1.29 is 9.53 Å². The first-order valence-corrected chi connectivity index (χ1v) is 5.57. The van der Waals surface area contributed by atoms with Crippen LogP contribution >= 0.6 is 0 Å². The minimum Gasteiger partial charge on any atom is -0.428 e. The Morgan fingerprint density at radius 2 is 2.00 bits per heavy atom. The van der Waals surface area contributed by atoms with Gasteiger partial charge in [-0.15, -0.1) is 0 Å². The van der Waals surface area contributed by atoms with Crippen molar-refractivity contribution in [2.75, 3.05) is 7.05 Å². The molecule has 3 heteroatoms. The highest BCUT2D eigenvalue weighted by Crippen LogP contribution is 2.25. The van der Waals surface area contributed by atoms with E-state index in [2.05, 4.69) is 5.32 Å². The molecule has 1 unspecified atom stereocenters. The Kier molecular flexibility index (Phi) is 7.21. The zero-order valence-electron chi connectivity index (χ0n) is 10.7. The summed E-state index contributed by atoms with van der Waals surface area (Å²) in [4.78, 5) is 10.3. The van der Waals surface area contributed by atoms with Crippen molar-refractivity contribution in [1.29, 1.82) is 0 Å². The molecule has 0 aliphatic rings. The van der Waals surface area contributed by atoms with E-state index in [1.54, 1.807) is 0 Å². The van der Waals surface area contributed by atoms with E-state index in [0.717, 1.165) is 11.1 Å². The van der Waals surface area contributed by atoms with Gasteiger partial charge in [0.05, 0.1) is 0 Å². The Labute approximate surface area is 97.8 Å². The molecule has 1 aromatic carbocycles. The van der Waals surface area contributed by atoms with Crippen LogP contribution in [0.25, 0.3) is 0 Å². The molecule has 90 valence electrons. The third-order valence-corrected chi connectivity index (χ3v) is 2.24. The van der Waals surface area contributed by atoms with E-state index in [1.165, 1.54) is 0 Å². The molecule has 0 saturated heterocycles. The van der Waals surface area contributed by atoms with Gasteiger partial charge in [-0.1, -0.05) is 31.5 Å². The van der Waals surface area contributed by atoms with Crippen LogP contribution in [0.15, 0.2) is 18.2 Å². The summed E-state index contributed by atoms with van der Waals surface area (Å²) in [5.74, 6) is 0.618. The van der Waals surface area contributed by atoms with Gasteiger partial charge in [0.2, 0.25) is 0 Å². The van der Waals surface area contributed by atoms with E-state index in [0.29, 0.717) is 12.2 Å². The first-order valence-electron chi connectivity index (χ1n) is 5.57. The minimum atomic E-state index is 0.171. The zero-order valence-corrected chi connectivity index (χ0v) is 10.7. The fraction of sp³-hybridized carbons (Fsp3) is 0.462. The molecule has 0 fully saturated rings. The maximum atomic E-state index is 10.3. The van der Waals surface area contributed by atoms with Gasteiger partial charge in [0.25, 0.3) is 6.47 Å². The second-order valence-electron chi connectivity index (χ2n) is 3.27. The Balaban J connectivity index is 0.00000106. The second kappa shape index (κ2) is 7.88. The number of hydrogen-bond acceptors (Lipinski definition) is 3. The van der Waals surface area contributed by atoms with Crippen LogP contribution < -0.4 is 10.1 Å². The van der Waals surface area contributed by atoms with E-state index >= 15 is 0 Å². The van der Waals surface area contributed by atoms with E-state index in [1.807, 2.05) is 52.9 Å². The molecule has 16 heavy (non-hydrogen) atoms. The number of benzene rings is 1. The number of nitrogens with one attached hydrogen (secondary N) is 1. The summed E-state index contributed by atoms with van der Waals surface area (Å²) in [5, 5.41) is 3.11. The smallest absolute Gasteiger partial charge is 0.298 e. The highest BCUT2D eigenvalue weighted by atomic mass is 16.5. The second-order valence-corrected chi connectivity index (χ2v) is 3.27. The van der Waals surface area contributed by atoms with Crippen LogP contribution in [0.3, 0.4) is 0 Å². The number of ether oxygens (including phenoxy) is 1. The van der Waals surface area contributed by atoms with Crippen molar-refractivity contribution in [3.8, 4) is 5.75 Å². The summed E-state index contributed by atoms with van der Waals surface area (Å²) in [6.45, 7) is 8.49. The molecule has 1 rings (SSSR count). The van der Waals surface area contributed by atoms with Gasteiger partial charge in [-0.25, -0.2) is 0 Å². The maximum Gasteiger partial charge on any atom is 0.298 e. The molecule has 3 nitrogen and oxygen atoms in total. The van der Waals surface area contributed by atoms with Gasteiger partial charge < -0.3 is 10.1 Å². The lowest BCUT2D eigenvalue weighted by atomic mass is 10.0. The summed E-state index contributed by atoms with van der Waals surface area (Å²) in [7, 11) is 1.87. The standard InChI is InChI=1S/C11H15NO2.C2H6/c1-8-4-5-11(14-7-13)10(6-8)9(2)12-3;1-2/h4-7,9,12H,1-3H3;1-2H3. The van der Waals surface area contributed by atoms with Crippen molar-refractivity contribution >= 4 is 6.47 Å². The third kappa shape index (κ3) is 4.03. The molecular formula is C13H21NO2. The zero-order chi connectivity index (χ0) is 12.6. The van der Waals surface area contributed by atoms with Crippen LogP contribution in [0.4, 0.5) is 0 Å². The van der Waals surface area contributed by atoms with Crippen LogP contribution in [0, 0.1) is 6.92 Å². The molecule has 0 bridgehead atoms. The summed E-state index contributed by atoms with van der Waals surface area (Å²) in [5.41, 5.74) is 2.15. The van der Waals surface area contributed by atoms with Gasteiger partial charge in [0.1, 0.15) is 5.75 Å². The Morgan fingerprint density at radius 3 is 2.50 bits per heavy atom. The molecular weight excluding hydrogens is 202 g/mol.